The number of methoxy groups -OCH3 is 1. The van der Waals surface area contributed by atoms with Crippen LogP contribution in [0.1, 0.15) is 10.5 Å². The van der Waals surface area contributed by atoms with E-state index < -0.39 is 6.04 Å². The second kappa shape index (κ2) is 7.77. The Morgan fingerprint density at radius 1 is 1.21 bits per heavy atom. The third-order valence-electron chi connectivity index (χ3n) is 4.66. The first-order valence-corrected chi connectivity index (χ1v) is 10.2. The third kappa shape index (κ3) is 3.43. The number of aromatic amines is 1. The van der Waals surface area contributed by atoms with Gasteiger partial charge in [-0.25, -0.2) is 0 Å². The zero-order valence-electron chi connectivity index (χ0n) is 15.1. The van der Waals surface area contributed by atoms with Crippen molar-refractivity contribution in [2.75, 3.05) is 24.1 Å². The van der Waals surface area contributed by atoms with Gasteiger partial charge in [-0.2, -0.15) is 0 Å². The first-order valence-electron chi connectivity index (χ1n) is 8.68. The Hall–Kier alpha value is -2.64. The average molecular weight is 416 g/mol. The Morgan fingerprint density at radius 2 is 1.96 bits per heavy atom. The van der Waals surface area contributed by atoms with Gasteiger partial charge >= 0.3 is 0 Å². The monoisotopic (exact) mass is 415 g/mol. The number of nitrogens with zero attached hydrogens (tertiary/aromatic N) is 1. The molecule has 28 heavy (non-hydrogen) atoms. The van der Waals surface area contributed by atoms with Crippen LogP contribution >= 0.6 is 23.4 Å². The zero-order valence-corrected chi connectivity index (χ0v) is 16.6. The summed E-state index contributed by atoms with van der Waals surface area (Å²) in [5.41, 5.74) is 1.76. The van der Waals surface area contributed by atoms with E-state index in [4.69, 9.17) is 16.3 Å². The molecule has 6 nitrogen and oxygen atoms in total. The molecular formula is C20H18ClN3O3S. The van der Waals surface area contributed by atoms with Crippen LogP contribution in [0.4, 0.5) is 5.69 Å². The van der Waals surface area contributed by atoms with Crippen LogP contribution in [0.2, 0.25) is 5.02 Å². The number of benzene rings is 2. The van der Waals surface area contributed by atoms with Crippen LogP contribution in [0.5, 0.6) is 5.75 Å². The number of para-hydroxylation sites is 1. The molecule has 1 aromatic heterocycles. The molecule has 2 amide bonds. The lowest BCUT2D eigenvalue weighted by atomic mass is 10.2. The molecule has 2 heterocycles. The molecule has 1 aliphatic heterocycles. The highest BCUT2D eigenvalue weighted by molar-refractivity contribution is 7.99. The lowest BCUT2D eigenvalue weighted by molar-refractivity contribution is -0.119. The number of H-pyrrole nitrogens is 1. The minimum atomic E-state index is -0.568. The van der Waals surface area contributed by atoms with Crippen molar-refractivity contribution < 1.29 is 14.3 Å². The molecule has 1 fully saturated rings. The van der Waals surface area contributed by atoms with Gasteiger partial charge in [-0.05, 0) is 30.3 Å². The summed E-state index contributed by atoms with van der Waals surface area (Å²) in [4.78, 5) is 30.5. The van der Waals surface area contributed by atoms with Gasteiger partial charge in [-0.1, -0.05) is 29.8 Å². The summed E-state index contributed by atoms with van der Waals surface area (Å²) >= 11 is 7.96. The summed E-state index contributed by atoms with van der Waals surface area (Å²) in [7, 11) is 1.59. The fourth-order valence-corrected chi connectivity index (χ4v) is 4.61. The molecule has 2 aromatic carbocycles. The van der Waals surface area contributed by atoms with E-state index in [0.29, 0.717) is 33.8 Å². The van der Waals surface area contributed by atoms with Gasteiger partial charge in [-0.3, -0.25) is 9.59 Å². The van der Waals surface area contributed by atoms with Crippen molar-refractivity contribution in [3.05, 3.63) is 59.2 Å². The predicted octanol–water partition coefficient (Wildman–Crippen LogP) is 3.98. The van der Waals surface area contributed by atoms with Crippen molar-refractivity contribution in [3.63, 3.8) is 0 Å². The number of ether oxygens (including phenoxy) is 1. The highest BCUT2D eigenvalue weighted by atomic mass is 35.5. The van der Waals surface area contributed by atoms with Crippen molar-refractivity contribution in [1.29, 1.82) is 0 Å². The molecule has 0 spiro atoms. The lowest BCUT2D eigenvalue weighted by Crippen LogP contribution is -2.44. The molecular weight excluding hydrogens is 398 g/mol. The maximum Gasteiger partial charge on any atom is 0.273 e. The van der Waals surface area contributed by atoms with Crippen LogP contribution in [-0.4, -0.2) is 46.5 Å². The number of carbonyl (C=O) groups excluding carboxylic acids is 2. The molecule has 8 heteroatoms. The standard InChI is InChI=1S/C20H18ClN3O3S/c1-27-13-8-6-12(7-9-13)22-19(25)16-10-28-11-24(16)20(26)18-17(21)14-4-2-3-5-15(14)23-18/h2-9,16,23H,10-11H2,1H3,(H,22,25). The summed E-state index contributed by atoms with van der Waals surface area (Å²) in [5.74, 6) is 1.17. The smallest absolute Gasteiger partial charge is 0.273 e. The molecule has 144 valence electrons. The van der Waals surface area contributed by atoms with E-state index in [1.54, 1.807) is 36.3 Å². The van der Waals surface area contributed by atoms with Crippen molar-refractivity contribution >= 4 is 51.8 Å². The van der Waals surface area contributed by atoms with Crippen molar-refractivity contribution in [2.45, 2.75) is 6.04 Å². The Balaban J connectivity index is 1.54. The number of rotatable bonds is 4. The number of thioether (sulfide) groups is 1. The van der Waals surface area contributed by atoms with Crippen molar-refractivity contribution in [3.8, 4) is 5.75 Å². The van der Waals surface area contributed by atoms with Crippen LogP contribution in [0, 0.1) is 0 Å². The van der Waals surface area contributed by atoms with E-state index in [0.717, 1.165) is 10.9 Å². The number of aromatic nitrogens is 1. The fraction of sp³-hybridized carbons (Fsp3) is 0.200. The Bertz CT molecular complexity index is 1030. The van der Waals surface area contributed by atoms with Gasteiger partial charge in [0.1, 0.15) is 17.5 Å². The quantitative estimate of drug-likeness (QED) is 0.675. The number of amides is 2. The summed E-state index contributed by atoms with van der Waals surface area (Å²) in [6.07, 6.45) is 0. The Morgan fingerprint density at radius 3 is 2.68 bits per heavy atom. The second-order valence-electron chi connectivity index (χ2n) is 6.37. The van der Waals surface area contributed by atoms with Gasteiger partial charge in [0.15, 0.2) is 0 Å². The van der Waals surface area contributed by atoms with Gasteiger partial charge < -0.3 is 19.9 Å². The molecule has 3 aromatic rings. The number of hydrogen-bond acceptors (Lipinski definition) is 4. The normalized spacial score (nSPS) is 16.4. The molecule has 0 aliphatic carbocycles. The number of halogens is 1. The van der Waals surface area contributed by atoms with Gasteiger partial charge in [0.25, 0.3) is 5.91 Å². The highest BCUT2D eigenvalue weighted by Crippen LogP contribution is 2.31. The molecule has 4 rings (SSSR count). The lowest BCUT2D eigenvalue weighted by Gasteiger charge is -2.22. The van der Waals surface area contributed by atoms with E-state index in [1.165, 1.54) is 11.8 Å². The molecule has 1 atom stereocenters. The van der Waals surface area contributed by atoms with Gasteiger partial charge in [0.05, 0.1) is 18.0 Å². The summed E-state index contributed by atoms with van der Waals surface area (Å²) < 4.78 is 5.12. The SMILES string of the molecule is COc1ccc(NC(=O)C2CSCN2C(=O)c2[nH]c3ccccc3c2Cl)cc1. The van der Waals surface area contributed by atoms with Crippen molar-refractivity contribution in [1.82, 2.24) is 9.88 Å². The molecule has 1 aliphatic rings. The zero-order chi connectivity index (χ0) is 19.7. The predicted molar refractivity (Wildman–Crippen MR) is 112 cm³/mol. The molecule has 0 radical (unpaired) electrons. The first kappa shape index (κ1) is 18.7. The Labute approximate surface area is 171 Å². The number of anilines is 1. The Kier molecular flexibility index (Phi) is 5.19. The van der Waals surface area contributed by atoms with Crippen LogP contribution in [0.3, 0.4) is 0 Å². The highest BCUT2D eigenvalue weighted by Gasteiger charge is 2.36. The molecule has 1 unspecified atom stereocenters. The van der Waals surface area contributed by atoms with Crippen molar-refractivity contribution in [2.24, 2.45) is 0 Å². The van der Waals surface area contributed by atoms with Crippen LogP contribution in [-0.2, 0) is 4.79 Å². The third-order valence-corrected chi connectivity index (χ3v) is 6.06. The average Bonchev–Trinajstić information content (AvgIpc) is 3.34. The minimum absolute atomic E-state index is 0.226. The van der Waals surface area contributed by atoms with E-state index in [-0.39, 0.29) is 11.8 Å². The van der Waals surface area contributed by atoms with E-state index in [2.05, 4.69) is 10.3 Å². The maximum atomic E-state index is 13.1. The number of hydrogen-bond donors (Lipinski definition) is 2. The molecule has 1 saturated heterocycles. The first-order chi connectivity index (χ1) is 13.6. The minimum Gasteiger partial charge on any atom is -0.497 e. The molecule has 0 bridgehead atoms. The maximum absolute atomic E-state index is 13.1. The van der Waals surface area contributed by atoms with Gasteiger partial charge in [0, 0.05) is 22.3 Å². The number of nitrogens with one attached hydrogen (secondary N) is 2. The second-order valence-corrected chi connectivity index (χ2v) is 7.75. The van der Waals surface area contributed by atoms with Gasteiger partial charge in [-0.15, -0.1) is 11.8 Å². The number of fused-ring (bicyclic) bond motifs is 1. The van der Waals surface area contributed by atoms with Gasteiger partial charge in [0.2, 0.25) is 5.91 Å². The summed E-state index contributed by atoms with van der Waals surface area (Å²) in [6, 6.07) is 14.0. The van der Waals surface area contributed by atoms with E-state index >= 15 is 0 Å². The van der Waals surface area contributed by atoms with Crippen LogP contribution in [0.25, 0.3) is 10.9 Å². The molecule has 0 saturated carbocycles. The largest absolute Gasteiger partial charge is 0.497 e. The number of carbonyl (C=O) groups is 2. The fourth-order valence-electron chi connectivity index (χ4n) is 3.16. The van der Waals surface area contributed by atoms with E-state index in [9.17, 15) is 9.59 Å². The van der Waals surface area contributed by atoms with E-state index in [1.807, 2.05) is 24.3 Å². The topological polar surface area (TPSA) is 74.4 Å². The van der Waals surface area contributed by atoms with Crippen LogP contribution in [0.15, 0.2) is 48.5 Å². The van der Waals surface area contributed by atoms with Crippen LogP contribution < -0.4 is 10.1 Å². The summed E-state index contributed by atoms with van der Waals surface area (Å²) in [5, 5.41) is 4.04. The summed E-state index contributed by atoms with van der Waals surface area (Å²) in [6.45, 7) is 0. The molecule has 2 N–H and O–H groups in total.